The molecule has 5 rings (SSSR count). The Kier molecular flexibility index (Phi) is 23.4. The first-order chi connectivity index (χ1) is 36.2. The quantitative estimate of drug-likeness (QED) is 0.0452. The number of benzene rings is 3. The molecule has 416 valence electrons. The van der Waals surface area contributed by atoms with Gasteiger partial charge < -0.3 is 76.2 Å². The van der Waals surface area contributed by atoms with Gasteiger partial charge in [0, 0.05) is 74.5 Å². The van der Waals surface area contributed by atoms with Gasteiger partial charge in [0.1, 0.15) is 23.8 Å². The number of rotatable bonds is 28. The standard InChI is InChI=1S/C50H63F2N5O17S2/c1-28(58)56-36-27-73-49(47(67)68,24-37(36)60)71-18-4-20-75-22-16-53-44(64)31-12-14-32(15-13-31)45(65)54-17-23-76-21-5-19-72-50(48(69)70)25-38(61)41(57-29(2)59)43(74-50)42(63)39(62)26-55-46(66)33-10-8-30(9-11-33)40-34(51)6-3-7-35(40)52/h3,6-15,36-39,41-43,60-63H,4-5,16-27H2,1-2H3,(H,53,64)(H,54,65)(H,55,66)(H,56,58)(H,57,59)(H,67,68)(H,69,70)/t36-,37-,38?,39+,41+,42?,43+,49+,50+/m0/s1. The number of ether oxygens (including phenoxy) is 4. The molecule has 9 atom stereocenters. The van der Waals surface area contributed by atoms with Gasteiger partial charge in [-0.15, -0.1) is 0 Å². The van der Waals surface area contributed by atoms with E-state index >= 15 is 0 Å². The van der Waals surface area contributed by atoms with Gasteiger partial charge in [-0.1, -0.05) is 18.2 Å². The molecule has 5 amide bonds. The highest BCUT2D eigenvalue weighted by molar-refractivity contribution is 7.99. The molecular weight excluding hydrogens is 1040 g/mol. The molecular formula is C50H63F2N5O17S2. The summed E-state index contributed by atoms with van der Waals surface area (Å²) in [7, 11) is 0. The van der Waals surface area contributed by atoms with Crippen LogP contribution in [0.25, 0.3) is 11.1 Å². The van der Waals surface area contributed by atoms with E-state index in [0.717, 1.165) is 19.1 Å². The maximum Gasteiger partial charge on any atom is 0.364 e. The monoisotopic (exact) mass is 1110 g/mol. The largest absolute Gasteiger partial charge is 0.477 e. The number of aliphatic hydroxyl groups is 4. The molecule has 0 radical (unpaired) electrons. The Morgan fingerprint density at radius 3 is 1.63 bits per heavy atom. The number of aliphatic hydroxyl groups excluding tert-OH is 4. The molecule has 76 heavy (non-hydrogen) atoms. The van der Waals surface area contributed by atoms with Crippen LogP contribution in [0.15, 0.2) is 66.7 Å². The van der Waals surface area contributed by atoms with Gasteiger partial charge in [-0.05, 0) is 78.4 Å². The summed E-state index contributed by atoms with van der Waals surface area (Å²) >= 11 is 2.92. The second-order valence-corrected chi connectivity index (χ2v) is 20.2. The van der Waals surface area contributed by atoms with Gasteiger partial charge in [-0.2, -0.15) is 23.5 Å². The molecule has 2 saturated heterocycles. The predicted octanol–water partition coefficient (Wildman–Crippen LogP) is 1.03. The second kappa shape index (κ2) is 29.1. The number of carbonyl (C=O) groups is 7. The summed E-state index contributed by atoms with van der Waals surface area (Å²) in [4.78, 5) is 86.3. The first-order valence-corrected chi connectivity index (χ1v) is 26.5. The lowest BCUT2D eigenvalue weighted by Crippen LogP contribution is -2.68. The molecule has 2 fully saturated rings. The Bertz CT molecular complexity index is 2460. The van der Waals surface area contributed by atoms with Crippen molar-refractivity contribution in [3.8, 4) is 11.1 Å². The van der Waals surface area contributed by atoms with Crippen molar-refractivity contribution in [3.63, 3.8) is 0 Å². The summed E-state index contributed by atoms with van der Waals surface area (Å²) in [5.41, 5.74) is 0.568. The van der Waals surface area contributed by atoms with Gasteiger partial charge in [-0.25, -0.2) is 18.4 Å². The van der Waals surface area contributed by atoms with E-state index in [-0.39, 0.29) is 73.6 Å². The van der Waals surface area contributed by atoms with Crippen LogP contribution in [-0.2, 0) is 38.1 Å². The maximum atomic E-state index is 14.3. The molecule has 3 aromatic rings. The van der Waals surface area contributed by atoms with Gasteiger partial charge in [0.2, 0.25) is 11.8 Å². The molecule has 11 N–H and O–H groups in total. The third-order valence-electron chi connectivity index (χ3n) is 12.0. The van der Waals surface area contributed by atoms with Gasteiger partial charge >= 0.3 is 11.9 Å². The first-order valence-electron chi connectivity index (χ1n) is 24.1. The van der Waals surface area contributed by atoms with Gasteiger partial charge in [0.15, 0.2) is 0 Å². The Morgan fingerprint density at radius 1 is 0.671 bits per heavy atom. The minimum Gasteiger partial charge on any atom is -0.477 e. The predicted molar refractivity (Wildman–Crippen MR) is 271 cm³/mol. The number of amides is 5. The van der Waals surface area contributed by atoms with Crippen LogP contribution in [0.5, 0.6) is 0 Å². The van der Waals surface area contributed by atoms with Crippen molar-refractivity contribution >= 4 is 65.0 Å². The van der Waals surface area contributed by atoms with Crippen LogP contribution in [0.4, 0.5) is 8.78 Å². The fraction of sp³-hybridized carbons (Fsp3) is 0.500. The van der Waals surface area contributed by atoms with Crippen molar-refractivity contribution in [2.45, 2.75) is 93.7 Å². The number of halogens is 2. The van der Waals surface area contributed by atoms with Crippen molar-refractivity contribution in [2.75, 3.05) is 62.5 Å². The fourth-order valence-corrected chi connectivity index (χ4v) is 9.67. The SMILES string of the molecule is CC(=O)N[C@H]1CO[C@@](OCCCSCCNC(=O)c2ccc(C(=O)NCCSCCCO[C@]3(C(=O)O)CC(O)[C@@H](NC(C)=O)[C@H](C(O)[C@H](O)CNC(=O)c4ccc(-c5c(F)cccc5F)cc4)O3)cc2)(C(=O)O)C[C@@H]1O. The summed E-state index contributed by atoms with van der Waals surface area (Å²) in [6.45, 7) is 1.98. The molecule has 0 aliphatic carbocycles. The van der Waals surface area contributed by atoms with E-state index in [1.165, 1.54) is 85.0 Å². The Balaban J connectivity index is 0.979. The van der Waals surface area contributed by atoms with Crippen LogP contribution >= 0.6 is 23.5 Å². The maximum absolute atomic E-state index is 14.3. The minimum atomic E-state index is -2.52. The molecule has 22 nitrogen and oxygen atoms in total. The lowest BCUT2D eigenvalue weighted by molar-refractivity contribution is -0.310. The second-order valence-electron chi connectivity index (χ2n) is 17.7. The van der Waals surface area contributed by atoms with Crippen molar-refractivity contribution in [1.82, 2.24) is 26.6 Å². The van der Waals surface area contributed by atoms with E-state index in [4.69, 9.17) is 18.9 Å². The molecule has 3 aromatic carbocycles. The third kappa shape index (κ3) is 17.1. The van der Waals surface area contributed by atoms with Gasteiger partial charge in [0.05, 0.1) is 55.8 Å². The van der Waals surface area contributed by atoms with Gasteiger partial charge in [-0.3, -0.25) is 24.0 Å². The van der Waals surface area contributed by atoms with Crippen LogP contribution in [0.2, 0.25) is 0 Å². The van der Waals surface area contributed by atoms with Gasteiger partial charge in [0.25, 0.3) is 29.3 Å². The summed E-state index contributed by atoms with van der Waals surface area (Å²) in [6.07, 6.45) is -8.69. The zero-order chi connectivity index (χ0) is 55.6. The number of aliphatic carboxylic acids is 2. The molecule has 2 aliphatic heterocycles. The lowest BCUT2D eigenvalue weighted by atomic mass is 9.88. The Morgan fingerprint density at radius 2 is 1.14 bits per heavy atom. The molecule has 26 heteroatoms. The van der Waals surface area contributed by atoms with E-state index in [1.54, 1.807) is 0 Å². The number of carboxylic acid groups (broad SMARTS) is 2. The summed E-state index contributed by atoms with van der Waals surface area (Å²) < 4.78 is 51.0. The summed E-state index contributed by atoms with van der Waals surface area (Å²) in [5.74, 6) is -9.67. The fourth-order valence-electron chi connectivity index (χ4n) is 8.12. The van der Waals surface area contributed by atoms with E-state index in [2.05, 4.69) is 26.6 Å². The Labute approximate surface area is 444 Å². The van der Waals surface area contributed by atoms with Crippen molar-refractivity contribution in [1.29, 1.82) is 0 Å². The van der Waals surface area contributed by atoms with Crippen LogP contribution in [0.1, 0.15) is 70.6 Å². The average molecular weight is 1110 g/mol. The molecule has 0 spiro atoms. The smallest absolute Gasteiger partial charge is 0.364 e. The molecule has 0 saturated carbocycles. The molecule has 0 aromatic heterocycles. The molecule has 0 bridgehead atoms. The topological polar surface area (TPSA) is 338 Å². The first kappa shape index (κ1) is 61.0. The van der Waals surface area contributed by atoms with Crippen LogP contribution < -0.4 is 26.6 Å². The highest BCUT2D eigenvalue weighted by Gasteiger charge is 2.56. The zero-order valence-electron chi connectivity index (χ0n) is 41.5. The highest BCUT2D eigenvalue weighted by atomic mass is 32.2. The summed E-state index contributed by atoms with van der Waals surface area (Å²) in [6, 6.07) is 12.5. The minimum absolute atomic E-state index is 0.0378. The number of nitrogens with one attached hydrogen (secondary N) is 5. The summed E-state index contributed by atoms with van der Waals surface area (Å²) in [5, 5.41) is 76.4. The molecule has 2 aliphatic rings. The third-order valence-corrected chi connectivity index (χ3v) is 14.2. The zero-order valence-corrected chi connectivity index (χ0v) is 43.2. The normalized spacial score (nSPS) is 23.1. The van der Waals surface area contributed by atoms with Crippen molar-refractivity contribution in [2.24, 2.45) is 0 Å². The van der Waals surface area contributed by atoms with E-state index in [0.29, 0.717) is 47.1 Å². The van der Waals surface area contributed by atoms with E-state index in [1.807, 2.05) is 0 Å². The van der Waals surface area contributed by atoms with E-state index < -0.39 is 103 Å². The Hall–Kier alpha value is -5.81. The van der Waals surface area contributed by atoms with Crippen molar-refractivity contribution in [3.05, 3.63) is 95.1 Å². The molecule has 2 heterocycles. The van der Waals surface area contributed by atoms with Crippen LogP contribution in [0, 0.1) is 11.6 Å². The lowest BCUT2D eigenvalue weighted by Gasteiger charge is -2.46. The van der Waals surface area contributed by atoms with Crippen molar-refractivity contribution < 1.29 is 91.9 Å². The number of carboxylic acids is 2. The number of thioether (sulfide) groups is 2. The van der Waals surface area contributed by atoms with Crippen LogP contribution in [-0.4, -0.2) is 189 Å². The molecule has 2 unspecified atom stereocenters. The van der Waals surface area contributed by atoms with Crippen LogP contribution in [0.3, 0.4) is 0 Å². The number of hydrogen-bond donors (Lipinski definition) is 11. The van der Waals surface area contributed by atoms with E-state index in [9.17, 15) is 73.0 Å². The number of carbonyl (C=O) groups excluding carboxylic acids is 5. The highest BCUT2D eigenvalue weighted by Crippen LogP contribution is 2.34. The number of hydrogen-bond acceptors (Lipinski definition) is 17. The average Bonchev–Trinajstić information content (AvgIpc) is 3.38.